The summed E-state index contributed by atoms with van der Waals surface area (Å²) in [6, 6.07) is 0.525. The van der Waals surface area contributed by atoms with Gasteiger partial charge in [0.1, 0.15) is 0 Å². The third-order valence-electron chi connectivity index (χ3n) is 3.89. The van der Waals surface area contributed by atoms with Crippen LogP contribution in [0.1, 0.15) is 20.3 Å². The summed E-state index contributed by atoms with van der Waals surface area (Å²) in [6.45, 7) is 9.89. The molecule has 2 aliphatic heterocycles. The fourth-order valence-corrected chi connectivity index (χ4v) is 2.77. The molecule has 104 valence electrons. The number of amides is 1. The predicted octanol–water partition coefficient (Wildman–Crippen LogP) is -0.0825. The molecule has 2 fully saturated rings. The molecular weight excluding hydrogens is 230 g/mol. The standard InChI is InChI=1S/C13H25N3O2/c1-3-15(12-4-5-14-8-12)10-13(17)16-6-7-18-11(2)9-16/h11-12,14H,3-10H2,1-2H3. The highest BCUT2D eigenvalue weighted by atomic mass is 16.5. The Balaban J connectivity index is 1.84. The molecule has 1 N–H and O–H groups in total. The van der Waals surface area contributed by atoms with Gasteiger partial charge in [0.15, 0.2) is 0 Å². The molecule has 2 unspecified atom stereocenters. The summed E-state index contributed by atoms with van der Waals surface area (Å²) < 4.78 is 5.47. The Morgan fingerprint density at radius 3 is 3.00 bits per heavy atom. The number of rotatable bonds is 4. The number of ether oxygens (including phenoxy) is 1. The van der Waals surface area contributed by atoms with E-state index < -0.39 is 0 Å². The molecular formula is C13H25N3O2. The Labute approximate surface area is 109 Å². The van der Waals surface area contributed by atoms with Gasteiger partial charge >= 0.3 is 0 Å². The summed E-state index contributed by atoms with van der Waals surface area (Å²) in [5.41, 5.74) is 0. The zero-order valence-electron chi connectivity index (χ0n) is 11.5. The van der Waals surface area contributed by atoms with Crippen molar-refractivity contribution in [3.63, 3.8) is 0 Å². The summed E-state index contributed by atoms with van der Waals surface area (Å²) in [5.74, 6) is 0.249. The lowest BCUT2D eigenvalue weighted by Crippen LogP contribution is -2.50. The van der Waals surface area contributed by atoms with Crippen LogP contribution in [-0.2, 0) is 9.53 Å². The highest BCUT2D eigenvalue weighted by Crippen LogP contribution is 2.10. The van der Waals surface area contributed by atoms with Gasteiger partial charge in [-0.25, -0.2) is 0 Å². The second kappa shape index (κ2) is 6.50. The molecule has 0 aromatic rings. The molecule has 0 spiro atoms. The second-order valence-electron chi connectivity index (χ2n) is 5.23. The molecule has 18 heavy (non-hydrogen) atoms. The average molecular weight is 255 g/mol. The van der Waals surface area contributed by atoms with Gasteiger partial charge in [-0.2, -0.15) is 0 Å². The first-order chi connectivity index (χ1) is 8.70. The van der Waals surface area contributed by atoms with Crippen molar-refractivity contribution in [3.05, 3.63) is 0 Å². The van der Waals surface area contributed by atoms with Gasteiger partial charge < -0.3 is 15.0 Å². The first-order valence-corrected chi connectivity index (χ1v) is 7.05. The van der Waals surface area contributed by atoms with E-state index >= 15 is 0 Å². The smallest absolute Gasteiger partial charge is 0.236 e. The van der Waals surface area contributed by atoms with Crippen molar-refractivity contribution in [1.82, 2.24) is 15.1 Å². The Hall–Kier alpha value is -0.650. The van der Waals surface area contributed by atoms with E-state index in [0.717, 1.165) is 39.1 Å². The third kappa shape index (κ3) is 3.43. The predicted molar refractivity (Wildman–Crippen MR) is 70.5 cm³/mol. The van der Waals surface area contributed by atoms with Gasteiger partial charge in [0.05, 0.1) is 19.3 Å². The number of hydrogen-bond donors (Lipinski definition) is 1. The van der Waals surface area contributed by atoms with Gasteiger partial charge in [-0.3, -0.25) is 9.69 Å². The van der Waals surface area contributed by atoms with Crippen LogP contribution in [0, 0.1) is 0 Å². The maximum atomic E-state index is 12.3. The number of carbonyl (C=O) groups is 1. The van der Waals surface area contributed by atoms with Crippen LogP contribution in [0.25, 0.3) is 0 Å². The van der Waals surface area contributed by atoms with Crippen molar-refractivity contribution in [1.29, 1.82) is 0 Å². The van der Waals surface area contributed by atoms with E-state index in [0.29, 0.717) is 19.2 Å². The van der Waals surface area contributed by atoms with E-state index in [1.165, 1.54) is 0 Å². The highest BCUT2D eigenvalue weighted by molar-refractivity contribution is 5.78. The molecule has 0 saturated carbocycles. The first-order valence-electron chi connectivity index (χ1n) is 7.05. The monoisotopic (exact) mass is 255 g/mol. The van der Waals surface area contributed by atoms with Crippen molar-refractivity contribution in [2.24, 2.45) is 0 Å². The van der Waals surface area contributed by atoms with Crippen molar-refractivity contribution in [2.75, 3.05) is 45.9 Å². The van der Waals surface area contributed by atoms with E-state index in [4.69, 9.17) is 4.74 Å². The molecule has 5 nitrogen and oxygen atoms in total. The van der Waals surface area contributed by atoms with Crippen LogP contribution >= 0.6 is 0 Å². The van der Waals surface area contributed by atoms with E-state index in [1.807, 2.05) is 11.8 Å². The Morgan fingerprint density at radius 1 is 1.56 bits per heavy atom. The van der Waals surface area contributed by atoms with E-state index in [2.05, 4.69) is 17.1 Å². The number of hydrogen-bond acceptors (Lipinski definition) is 4. The quantitative estimate of drug-likeness (QED) is 0.763. The topological polar surface area (TPSA) is 44.8 Å². The SMILES string of the molecule is CCN(CC(=O)N1CCOC(C)C1)C1CCNC1. The van der Waals surface area contributed by atoms with Crippen LogP contribution in [0.5, 0.6) is 0 Å². The van der Waals surface area contributed by atoms with Crippen LogP contribution in [0.2, 0.25) is 0 Å². The molecule has 2 aliphatic rings. The van der Waals surface area contributed by atoms with Crippen molar-refractivity contribution >= 4 is 5.91 Å². The summed E-state index contributed by atoms with van der Waals surface area (Å²) in [6.07, 6.45) is 1.33. The zero-order valence-corrected chi connectivity index (χ0v) is 11.5. The van der Waals surface area contributed by atoms with E-state index in [1.54, 1.807) is 0 Å². The molecule has 2 heterocycles. The molecule has 5 heteroatoms. The minimum atomic E-state index is 0.172. The fourth-order valence-electron chi connectivity index (χ4n) is 2.77. The number of likely N-dealkylation sites (N-methyl/N-ethyl adjacent to an activating group) is 1. The van der Waals surface area contributed by atoms with Crippen LogP contribution in [0.15, 0.2) is 0 Å². The molecule has 0 bridgehead atoms. The van der Waals surface area contributed by atoms with Gasteiger partial charge in [0.25, 0.3) is 0 Å². The third-order valence-corrected chi connectivity index (χ3v) is 3.89. The van der Waals surface area contributed by atoms with Crippen LogP contribution < -0.4 is 5.32 Å². The lowest BCUT2D eigenvalue weighted by Gasteiger charge is -2.34. The largest absolute Gasteiger partial charge is 0.375 e. The van der Waals surface area contributed by atoms with Gasteiger partial charge in [-0.15, -0.1) is 0 Å². The Morgan fingerprint density at radius 2 is 2.39 bits per heavy atom. The lowest BCUT2D eigenvalue weighted by molar-refractivity contribution is -0.139. The van der Waals surface area contributed by atoms with Crippen molar-refractivity contribution < 1.29 is 9.53 Å². The number of nitrogens with zero attached hydrogens (tertiary/aromatic N) is 2. The summed E-state index contributed by atoms with van der Waals surface area (Å²) >= 11 is 0. The first kappa shape index (κ1) is 13.8. The van der Waals surface area contributed by atoms with Crippen molar-refractivity contribution in [2.45, 2.75) is 32.4 Å². The fraction of sp³-hybridized carbons (Fsp3) is 0.923. The number of nitrogens with one attached hydrogen (secondary N) is 1. The zero-order chi connectivity index (χ0) is 13.0. The van der Waals surface area contributed by atoms with Crippen LogP contribution in [-0.4, -0.2) is 73.7 Å². The molecule has 0 aromatic heterocycles. The van der Waals surface area contributed by atoms with Gasteiger partial charge in [-0.1, -0.05) is 6.92 Å². The Kier molecular flexibility index (Phi) is 4.97. The number of morpholine rings is 1. The molecule has 0 radical (unpaired) electrons. The van der Waals surface area contributed by atoms with Gasteiger partial charge in [0, 0.05) is 25.7 Å². The average Bonchev–Trinajstić information content (AvgIpc) is 2.89. The molecule has 1 amide bonds. The molecule has 2 saturated heterocycles. The molecule has 0 aliphatic carbocycles. The summed E-state index contributed by atoms with van der Waals surface area (Å²) in [4.78, 5) is 16.5. The highest BCUT2D eigenvalue weighted by Gasteiger charge is 2.26. The minimum absolute atomic E-state index is 0.172. The summed E-state index contributed by atoms with van der Waals surface area (Å²) in [7, 11) is 0. The Bertz CT molecular complexity index is 279. The molecule has 0 aromatic carbocycles. The van der Waals surface area contributed by atoms with Crippen LogP contribution in [0.3, 0.4) is 0 Å². The maximum absolute atomic E-state index is 12.3. The molecule has 2 atom stereocenters. The summed E-state index contributed by atoms with van der Waals surface area (Å²) in [5, 5.41) is 3.36. The van der Waals surface area contributed by atoms with Crippen molar-refractivity contribution in [3.8, 4) is 0 Å². The minimum Gasteiger partial charge on any atom is -0.375 e. The van der Waals surface area contributed by atoms with Crippen LogP contribution in [0.4, 0.5) is 0 Å². The second-order valence-corrected chi connectivity index (χ2v) is 5.23. The maximum Gasteiger partial charge on any atom is 0.236 e. The number of carbonyl (C=O) groups excluding carboxylic acids is 1. The normalized spacial score (nSPS) is 28.9. The van der Waals surface area contributed by atoms with E-state index in [9.17, 15) is 4.79 Å². The lowest BCUT2D eigenvalue weighted by atomic mass is 10.2. The van der Waals surface area contributed by atoms with Gasteiger partial charge in [-0.05, 0) is 26.4 Å². The van der Waals surface area contributed by atoms with Gasteiger partial charge in [0.2, 0.25) is 5.91 Å². The molecule has 2 rings (SSSR count). The van der Waals surface area contributed by atoms with E-state index in [-0.39, 0.29) is 12.0 Å².